The van der Waals surface area contributed by atoms with E-state index in [1.807, 2.05) is 7.05 Å². The predicted octanol–water partition coefficient (Wildman–Crippen LogP) is 3.33. The molecule has 3 heterocycles. The fraction of sp³-hybridized carbons (Fsp3) is 0.800. The van der Waals surface area contributed by atoms with Gasteiger partial charge in [-0.15, -0.1) is 35.3 Å². The molecule has 1 atom stereocenters. The average molecular weight is 521 g/mol. The number of nitrogens with one attached hydrogen (secondary N) is 2. The Labute approximate surface area is 191 Å². The van der Waals surface area contributed by atoms with E-state index in [0.29, 0.717) is 0 Å². The summed E-state index contributed by atoms with van der Waals surface area (Å²) in [6.07, 6.45) is 8.90. The van der Waals surface area contributed by atoms with Crippen LogP contribution in [0.1, 0.15) is 51.1 Å². The molecule has 1 aromatic heterocycles. The lowest BCUT2D eigenvalue weighted by Gasteiger charge is -2.35. The second kappa shape index (κ2) is 12.8. The van der Waals surface area contributed by atoms with Crippen molar-refractivity contribution in [1.82, 2.24) is 20.5 Å². The molecule has 160 valence electrons. The SMILES string of the molecule is CCC1CCCCN1CCNC(=NC)NCCc1csc(N2CCCC2)n1.I. The molecule has 0 aliphatic carbocycles. The van der Waals surface area contributed by atoms with Gasteiger partial charge in [-0.3, -0.25) is 9.89 Å². The second-order valence-corrected chi connectivity index (χ2v) is 8.42. The third-order valence-corrected chi connectivity index (χ3v) is 6.68. The van der Waals surface area contributed by atoms with E-state index in [1.165, 1.54) is 55.9 Å². The lowest BCUT2D eigenvalue weighted by atomic mass is 10.0. The summed E-state index contributed by atoms with van der Waals surface area (Å²) in [6.45, 7) is 8.80. The van der Waals surface area contributed by atoms with Crippen LogP contribution in [0, 0.1) is 0 Å². The van der Waals surface area contributed by atoms with Crippen molar-refractivity contribution in [3.8, 4) is 0 Å². The summed E-state index contributed by atoms with van der Waals surface area (Å²) in [6, 6.07) is 0.769. The summed E-state index contributed by atoms with van der Waals surface area (Å²) in [4.78, 5) is 14.2. The zero-order chi connectivity index (χ0) is 18.9. The average Bonchev–Trinajstić information content (AvgIpc) is 3.39. The van der Waals surface area contributed by atoms with Gasteiger partial charge in [0.25, 0.3) is 0 Å². The lowest BCUT2D eigenvalue weighted by molar-refractivity contribution is 0.147. The van der Waals surface area contributed by atoms with Gasteiger partial charge in [0, 0.05) is 57.6 Å². The number of hydrogen-bond acceptors (Lipinski definition) is 5. The Morgan fingerprint density at radius 3 is 2.68 bits per heavy atom. The van der Waals surface area contributed by atoms with Crippen molar-refractivity contribution >= 4 is 46.4 Å². The van der Waals surface area contributed by atoms with Crippen molar-refractivity contribution in [2.24, 2.45) is 4.99 Å². The van der Waals surface area contributed by atoms with E-state index in [-0.39, 0.29) is 24.0 Å². The van der Waals surface area contributed by atoms with Crippen molar-refractivity contribution in [3.05, 3.63) is 11.1 Å². The Morgan fingerprint density at radius 2 is 1.93 bits per heavy atom. The van der Waals surface area contributed by atoms with E-state index < -0.39 is 0 Å². The summed E-state index contributed by atoms with van der Waals surface area (Å²) in [7, 11) is 1.85. The molecule has 6 nitrogen and oxygen atoms in total. The van der Waals surface area contributed by atoms with E-state index in [1.54, 1.807) is 11.3 Å². The van der Waals surface area contributed by atoms with E-state index in [9.17, 15) is 0 Å². The van der Waals surface area contributed by atoms with Gasteiger partial charge in [0.05, 0.1) is 5.69 Å². The number of aliphatic imine (C=N–C) groups is 1. The molecule has 2 saturated heterocycles. The standard InChI is InChI=1S/C20H36N6S.HI/c1-3-18-8-4-5-12-25(18)15-11-23-19(21-2)22-10-9-17-16-27-20(24-17)26-13-6-7-14-26;/h16,18H,3-15H2,1-2H3,(H2,21,22,23);1H. The van der Waals surface area contributed by atoms with Crippen LogP contribution in [0.15, 0.2) is 10.4 Å². The van der Waals surface area contributed by atoms with Crippen LogP contribution in [0.3, 0.4) is 0 Å². The largest absolute Gasteiger partial charge is 0.356 e. The van der Waals surface area contributed by atoms with Gasteiger partial charge in [-0.25, -0.2) is 4.98 Å². The van der Waals surface area contributed by atoms with Crippen LogP contribution >= 0.6 is 35.3 Å². The van der Waals surface area contributed by atoms with Crippen LogP contribution in [0.5, 0.6) is 0 Å². The van der Waals surface area contributed by atoms with Gasteiger partial charge in [-0.05, 0) is 38.6 Å². The Bertz CT molecular complexity index is 587. The Kier molecular flexibility index (Phi) is 10.9. The number of piperidine rings is 1. The highest BCUT2D eigenvalue weighted by Gasteiger charge is 2.20. The van der Waals surface area contributed by atoms with Gasteiger partial charge in [0.1, 0.15) is 0 Å². The first-order valence-electron chi connectivity index (χ1n) is 10.7. The number of thiazole rings is 1. The molecule has 2 aliphatic rings. The van der Waals surface area contributed by atoms with Gasteiger partial charge in [-0.2, -0.15) is 0 Å². The number of aromatic nitrogens is 1. The predicted molar refractivity (Wildman–Crippen MR) is 132 cm³/mol. The Balaban J connectivity index is 0.00000280. The molecule has 2 N–H and O–H groups in total. The minimum absolute atomic E-state index is 0. The molecule has 0 radical (unpaired) electrons. The maximum atomic E-state index is 4.79. The number of anilines is 1. The first kappa shape index (κ1) is 23.7. The molecule has 0 bridgehead atoms. The molecule has 8 heteroatoms. The maximum absolute atomic E-state index is 4.79. The number of nitrogens with zero attached hydrogens (tertiary/aromatic N) is 4. The highest BCUT2D eigenvalue weighted by molar-refractivity contribution is 14.0. The second-order valence-electron chi connectivity index (χ2n) is 7.59. The summed E-state index contributed by atoms with van der Waals surface area (Å²) in [5.41, 5.74) is 1.18. The van der Waals surface area contributed by atoms with E-state index in [4.69, 9.17) is 4.98 Å². The zero-order valence-electron chi connectivity index (χ0n) is 17.5. The molecule has 3 rings (SSSR count). The van der Waals surface area contributed by atoms with Crippen molar-refractivity contribution < 1.29 is 0 Å². The van der Waals surface area contributed by atoms with Gasteiger partial charge in [-0.1, -0.05) is 13.3 Å². The lowest BCUT2D eigenvalue weighted by Crippen LogP contribution is -2.46. The van der Waals surface area contributed by atoms with Crippen LogP contribution in [0.25, 0.3) is 0 Å². The quantitative estimate of drug-likeness (QED) is 0.313. The molecule has 2 aliphatic heterocycles. The van der Waals surface area contributed by atoms with Crippen molar-refractivity contribution in [2.45, 2.75) is 57.9 Å². The van der Waals surface area contributed by atoms with Crippen LogP contribution < -0.4 is 15.5 Å². The van der Waals surface area contributed by atoms with Crippen LogP contribution in [0.4, 0.5) is 5.13 Å². The Morgan fingerprint density at radius 1 is 1.18 bits per heavy atom. The number of guanidine groups is 1. The summed E-state index contributed by atoms with van der Waals surface area (Å²) in [5.74, 6) is 0.898. The minimum atomic E-state index is 0. The molecule has 0 saturated carbocycles. The summed E-state index contributed by atoms with van der Waals surface area (Å²) < 4.78 is 0. The van der Waals surface area contributed by atoms with Crippen molar-refractivity contribution in [1.29, 1.82) is 0 Å². The molecule has 0 aromatic carbocycles. The molecule has 28 heavy (non-hydrogen) atoms. The smallest absolute Gasteiger partial charge is 0.191 e. The third-order valence-electron chi connectivity index (χ3n) is 5.73. The first-order valence-corrected chi connectivity index (χ1v) is 11.6. The molecule has 1 aromatic rings. The molecular formula is C20H37IN6S. The third kappa shape index (κ3) is 7.02. The first-order chi connectivity index (χ1) is 13.3. The van der Waals surface area contributed by atoms with E-state index in [2.05, 4.69) is 37.7 Å². The fourth-order valence-electron chi connectivity index (χ4n) is 4.13. The van der Waals surface area contributed by atoms with E-state index >= 15 is 0 Å². The van der Waals surface area contributed by atoms with Crippen LogP contribution in [0.2, 0.25) is 0 Å². The van der Waals surface area contributed by atoms with Gasteiger partial charge >= 0.3 is 0 Å². The number of halogens is 1. The fourth-order valence-corrected chi connectivity index (χ4v) is 5.04. The molecular weight excluding hydrogens is 483 g/mol. The maximum Gasteiger partial charge on any atom is 0.191 e. The highest BCUT2D eigenvalue weighted by Crippen LogP contribution is 2.24. The van der Waals surface area contributed by atoms with Gasteiger partial charge in [0.2, 0.25) is 0 Å². The molecule has 1 unspecified atom stereocenters. The molecule has 0 amide bonds. The number of rotatable bonds is 8. The van der Waals surface area contributed by atoms with Crippen molar-refractivity contribution in [2.75, 3.05) is 51.2 Å². The van der Waals surface area contributed by atoms with E-state index in [0.717, 1.165) is 51.1 Å². The normalized spacial score (nSPS) is 20.9. The topological polar surface area (TPSA) is 55.8 Å². The summed E-state index contributed by atoms with van der Waals surface area (Å²) in [5, 5.41) is 10.3. The zero-order valence-corrected chi connectivity index (χ0v) is 20.6. The molecule has 2 fully saturated rings. The number of likely N-dealkylation sites (tertiary alicyclic amines) is 1. The Hall–Kier alpha value is -0.610. The molecule has 0 spiro atoms. The minimum Gasteiger partial charge on any atom is -0.356 e. The van der Waals surface area contributed by atoms with Crippen LogP contribution in [-0.4, -0.2) is 68.2 Å². The van der Waals surface area contributed by atoms with Crippen LogP contribution in [-0.2, 0) is 6.42 Å². The highest BCUT2D eigenvalue weighted by atomic mass is 127. The van der Waals surface area contributed by atoms with Gasteiger partial charge in [0.15, 0.2) is 11.1 Å². The number of hydrogen-bond donors (Lipinski definition) is 2. The van der Waals surface area contributed by atoms with Gasteiger partial charge < -0.3 is 15.5 Å². The summed E-state index contributed by atoms with van der Waals surface area (Å²) >= 11 is 1.78. The van der Waals surface area contributed by atoms with Crippen molar-refractivity contribution in [3.63, 3.8) is 0 Å². The monoisotopic (exact) mass is 520 g/mol.